The lowest BCUT2D eigenvalue weighted by Crippen LogP contribution is -2.22. The summed E-state index contributed by atoms with van der Waals surface area (Å²) in [6.45, 7) is 11.4. The molecule has 1 N–H and O–H groups in total. The van der Waals surface area contributed by atoms with Crippen molar-refractivity contribution in [3.8, 4) is 11.5 Å². The Kier molecular flexibility index (Phi) is 7.93. The number of hydrogen-bond donors (Lipinski definition) is 1. The molecular weight excluding hydrogens is 334 g/mol. The normalized spacial score (nSPS) is 12.2. The van der Waals surface area contributed by atoms with Crippen molar-refractivity contribution >= 4 is 11.1 Å². The molecule has 0 radical (unpaired) electrons. The van der Waals surface area contributed by atoms with Gasteiger partial charge in [0.15, 0.2) is 0 Å². The number of allylic oxidation sites excluding steroid dienone is 2. The summed E-state index contributed by atoms with van der Waals surface area (Å²) in [5.41, 5.74) is 6.11. The van der Waals surface area contributed by atoms with Gasteiger partial charge in [0.05, 0.1) is 7.11 Å². The van der Waals surface area contributed by atoms with Gasteiger partial charge in [0, 0.05) is 12.1 Å². The predicted octanol–water partition coefficient (Wildman–Crippen LogP) is 5.97. The van der Waals surface area contributed by atoms with Crippen LogP contribution in [0, 0.1) is 0 Å². The van der Waals surface area contributed by atoms with Crippen LogP contribution in [0.25, 0.3) is 11.1 Å². The molecule has 0 atom stereocenters. The molecule has 0 saturated carbocycles. The molecule has 0 aromatic heterocycles. The van der Waals surface area contributed by atoms with Crippen LogP contribution >= 0.6 is 0 Å². The van der Waals surface area contributed by atoms with Crippen LogP contribution in [-0.2, 0) is 6.54 Å². The van der Waals surface area contributed by atoms with Gasteiger partial charge in [-0.15, -0.1) is 0 Å². The number of ether oxygens (including phenoxy) is 1. The van der Waals surface area contributed by atoms with E-state index in [4.69, 9.17) is 4.74 Å². The van der Waals surface area contributed by atoms with Gasteiger partial charge in [0.1, 0.15) is 11.5 Å². The van der Waals surface area contributed by atoms with Crippen LogP contribution in [0.2, 0.25) is 0 Å². The van der Waals surface area contributed by atoms with Crippen LogP contribution in [0.15, 0.2) is 42.5 Å². The summed E-state index contributed by atoms with van der Waals surface area (Å²) >= 11 is 0. The summed E-state index contributed by atoms with van der Waals surface area (Å²) in [6, 6.07) is 14.3. The predicted molar refractivity (Wildman–Crippen MR) is 115 cm³/mol. The number of rotatable bonds is 9. The van der Waals surface area contributed by atoms with Gasteiger partial charge >= 0.3 is 0 Å². The van der Waals surface area contributed by atoms with Crippen LogP contribution in [0.4, 0.5) is 0 Å². The maximum Gasteiger partial charge on any atom is 0.120 e. The Morgan fingerprint density at radius 2 is 1.41 bits per heavy atom. The SMILES string of the molecule is CC/C(=C(/CC)c1ccc(O)c(CN(CC)CC)c1)c1ccc(OC)cc1. The summed E-state index contributed by atoms with van der Waals surface area (Å²) in [6.07, 6.45) is 1.91. The molecule has 0 bridgehead atoms. The third kappa shape index (κ3) is 5.14. The first-order chi connectivity index (χ1) is 13.1. The molecule has 0 saturated heterocycles. The van der Waals surface area contributed by atoms with Crippen LogP contribution < -0.4 is 4.74 Å². The minimum Gasteiger partial charge on any atom is -0.508 e. The first-order valence-corrected chi connectivity index (χ1v) is 9.98. The Labute approximate surface area is 164 Å². The number of benzene rings is 2. The highest BCUT2D eigenvalue weighted by atomic mass is 16.5. The van der Waals surface area contributed by atoms with Crippen molar-refractivity contribution < 1.29 is 9.84 Å². The minimum absolute atomic E-state index is 0.378. The van der Waals surface area contributed by atoms with Crippen LogP contribution in [-0.4, -0.2) is 30.2 Å². The largest absolute Gasteiger partial charge is 0.508 e. The smallest absolute Gasteiger partial charge is 0.120 e. The van der Waals surface area contributed by atoms with E-state index < -0.39 is 0 Å². The van der Waals surface area contributed by atoms with Crippen LogP contribution in [0.1, 0.15) is 57.2 Å². The standard InChI is InChI=1S/C24H33NO2/c1-6-22(18-10-13-21(27-5)14-11-18)23(7-2)19-12-15-24(26)20(16-19)17-25(8-3)9-4/h10-16,26H,6-9,17H2,1-5H3/b23-22+. The molecule has 0 aliphatic rings. The van der Waals surface area contributed by atoms with Crippen molar-refractivity contribution in [2.75, 3.05) is 20.2 Å². The Morgan fingerprint density at radius 3 is 1.93 bits per heavy atom. The fourth-order valence-electron chi connectivity index (χ4n) is 3.56. The average molecular weight is 368 g/mol. The van der Waals surface area contributed by atoms with Gasteiger partial charge in [-0.1, -0.05) is 45.9 Å². The molecule has 0 unspecified atom stereocenters. The van der Waals surface area contributed by atoms with Gasteiger partial charge in [-0.3, -0.25) is 4.90 Å². The molecule has 2 aromatic carbocycles. The highest BCUT2D eigenvalue weighted by Crippen LogP contribution is 2.34. The Morgan fingerprint density at radius 1 is 0.852 bits per heavy atom. The molecule has 0 amide bonds. The van der Waals surface area contributed by atoms with Crippen molar-refractivity contribution in [3.05, 3.63) is 59.2 Å². The lowest BCUT2D eigenvalue weighted by Gasteiger charge is -2.20. The second-order valence-electron chi connectivity index (χ2n) is 6.70. The summed E-state index contributed by atoms with van der Waals surface area (Å²) in [5, 5.41) is 10.3. The first-order valence-electron chi connectivity index (χ1n) is 9.98. The molecule has 0 aliphatic heterocycles. The topological polar surface area (TPSA) is 32.7 Å². The summed E-state index contributed by atoms with van der Waals surface area (Å²) in [7, 11) is 1.69. The third-order valence-corrected chi connectivity index (χ3v) is 5.23. The van der Waals surface area contributed by atoms with Gasteiger partial charge in [-0.2, -0.15) is 0 Å². The summed E-state index contributed by atoms with van der Waals surface area (Å²) in [5.74, 6) is 1.25. The zero-order chi connectivity index (χ0) is 19.8. The molecular formula is C24H33NO2. The fourth-order valence-corrected chi connectivity index (χ4v) is 3.56. The fraction of sp³-hybridized carbons (Fsp3) is 0.417. The van der Waals surface area contributed by atoms with Crippen molar-refractivity contribution in [1.29, 1.82) is 0 Å². The molecule has 146 valence electrons. The van der Waals surface area contributed by atoms with Crippen molar-refractivity contribution in [2.45, 2.75) is 47.1 Å². The van der Waals surface area contributed by atoms with E-state index >= 15 is 0 Å². The summed E-state index contributed by atoms with van der Waals surface area (Å²) < 4.78 is 5.29. The lowest BCUT2D eigenvalue weighted by molar-refractivity contribution is 0.291. The first kappa shape index (κ1) is 21.0. The quantitative estimate of drug-likeness (QED) is 0.554. The zero-order valence-electron chi connectivity index (χ0n) is 17.4. The van der Waals surface area contributed by atoms with Gasteiger partial charge in [-0.25, -0.2) is 0 Å². The second-order valence-corrected chi connectivity index (χ2v) is 6.70. The molecule has 3 nitrogen and oxygen atoms in total. The van der Waals surface area contributed by atoms with E-state index in [0.29, 0.717) is 5.75 Å². The molecule has 27 heavy (non-hydrogen) atoms. The lowest BCUT2D eigenvalue weighted by atomic mass is 9.90. The Bertz CT molecular complexity index is 758. The van der Waals surface area contributed by atoms with Gasteiger partial charge in [0.2, 0.25) is 0 Å². The molecule has 3 heteroatoms. The Balaban J connectivity index is 2.48. The second kappa shape index (κ2) is 10.2. The molecule has 0 fully saturated rings. The van der Waals surface area contributed by atoms with E-state index in [1.165, 1.54) is 22.3 Å². The number of hydrogen-bond acceptors (Lipinski definition) is 3. The number of methoxy groups -OCH3 is 1. The average Bonchev–Trinajstić information content (AvgIpc) is 2.71. The zero-order valence-corrected chi connectivity index (χ0v) is 17.4. The van der Waals surface area contributed by atoms with Gasteiger partial charge in [0.25, 0.3) is 0 Å². The van der Waals surface area contributed by atoms with Crippen molar-refractivity contribution in [1.82, 2.24) is 4.90 Å². The van der Waals surface area contributed by atoms with Crippen LogP contribution in [0.3, 0.4) is 0 Å². The molecule has 0 spiro atoms. The van der Waals surface area contributed by atoms with E-state index in [2.05, 4.69) is 50.8 Å². The monoisotopic (exact) mass is 367 g/mol. The molecule has 2 rings (SSSR count). The number of aromatic hydroxyl groups is 1. The van der Waals surface area contributed by atoms with E-state index in [1.54, 1.807) is 7.11 Å². The minimum atomic E-state index is 0.378. The molecule has 2 aromatic rings. The maximum atomic E-state index is 10.3. The van der Waals surface area contributed by atoms with E-state index in [0.717, 1.165) is 43.8 Å². The molecule has 0 aliphatic carbocycles. The highest BCUT2D eigenvalue weighted by molar-refractivity contribution is 5.91. The number of phenols is 1. The number of phenolic OH excluding ortho intramolecular Hbond substituents is 1. The van der Waals surface area contributed by atoms with Crippen LogP contribution in [0.5, 0.6) is 11.5 Å². The number of nitrogens with zero attached hydrogens (tertiary/aromatic N) is 1. The summed E-state index contributed by atoms with van der Waals surface area (Å²) in [4.78, 5) is 2.32. The van der Waals surface area contributed by atoms with E-state index in [9.17, 15) is 5.11 Å². The maximum absolute atomic E-state index is 10.3. The third-order valence-electron chi connectivity index (χ3n) is 5.23. The van der Waals surface area contributed by atoms with Crippen molar-refractivity contribution in [3.63, 3.8) is 0 Å². The van der Waals surface area contributed by atoms with Gasteiger partial charge < -0.3 is 9.84 Å². The van der Waals surface area contributed by atoms with Gasteiger partial charge in [-0.05, 0) is 72.5 Å². The van der Waals surface area contributed by atoms with E-state index in [-0.39, 0.29) is 0 Å². The van der Waals surface area contributed by atoms with E-state index in [1.807, 2.05) is 24.3 Å². The Hall–Kier alpha value is -2.26. The highest BCUT2D eigenvalue weighted by Gasteiger charge is 2.13. The molecule has 0 heterocycles. The van der Waals surface area contributed by atoms with Crippen molar-refractivity contribution in [2.24, 2.45) is 0 Å².